The molecule has 2 bridgehead atoms. The third-order valence-corrected chi connectivity index (χ3v) is 6.33. The molecule has 2 aromatic carbocycles. The van der Waals surface area contributed by atoms with Crippen LogP contribution >= 0.6 is 23.2 Å². The van der Waals surface area contributed by atoms with Crippen molar-refractivity contribution in [1.82, 2.24) is 9.97 Å². The van der Waals surface area contributed by atoms with E-state index in [0.29, 0.717) is 11.3 Å². The van der Waals surface area contributed by atoms with Crippen molar-refractivity contribution in [1.29, 1.82) is 0 Å². The summed E-state index contributed by atoms with van der Waals surface area (Å²) in [6.07, 6.45) is 5.30. The van der Waals surface area contributed by atoms with E-state index in [1.165, 1.54) is 25.7 Å². The number of hydrogen-bond donors (Lipinski definition) is 1. The van der Waals surface area contributed by atoms with E-state index in [9.17, 15) is 0 Å². The average Bonchev–Trinajstić information content (AvgIpc) is 3.25. The van der Waals surface area contributed by atoms with E-state index in [0.717, 1.165) is 44.7 Å². The minimum Gasteiger partial charge on any atom is -0.366 e. The van der Waals surface area contributed by atoms with Crippen LogP contribution in [0.4, 0.5) is 5.82 Å². The van der Waals surface area contributed by atoms with Crippen molar-refractivity contribution in [3.63, 3.8) is 0 Å². The van der Waals surface area contributed by atoms with Crippen LogP contribution < -0.4 is 5.32 Å². The van der Waals surface area contributed by atoms with Crippen molar-refractivity contribution in [2.45, 2.75) is 31.7 Å². The van der Waals surface area contributed by atoms with Crippen molar-refractivity contribution in [2.75, 3.05) is 5.32 Å². The highest BCUT2D eigenvalue weighted by Gasteiger charge is 2.39. The van der Waals surface area contributed by atoms with Gasteiger partial charge in [-0.2, -0.15) is 0 Å². The zero-order valence-corrected chi connectivity index (χ0v) is 15.8. The zero-order valence-electron chi connectivity index (χ0n) is 14.3. The Hall–Kier alpha value is -1.84. The Morgan fingerprint density at radius 1 is 0.885 bits per heavy atom. The third kappa shape index (κ3) is 2.93. The van der Waals surface area contributed by atoms with Gasteiger partial charge in [0.25, 0.3) is 0 Å². The Kier molecular flexibility index (Phi) is 4.02. The van der Waals surface area contributed by atoms with Gasteiger partial charge in [0.15, 0.2) is 0 Å². The van der Waals surface area contributed by atoms with Crippen LogP contribution in [0.1, 0.15) is 25.7 Å². The molecule has 1 aromatic heterocycles. The molecular weight excluding hydrogens is 365 g/mol. The smallest absolute Gasteiger partial charge is 0.224 e. The summed E-state index contributed by atoms with van der Waals surface area (Å²) in [5.74, 6) is 2.50. The highest BCUT2D eigenvalue weighted by atomic mass is 35.5. The van der Waals surface area contributed by atoms with Crippen LogP contribution in [0, 0.1) is 11.8 Å². The first-order valence-corrected chi connectivity index (χ1v) is 9.91. The molecule has 3 aromatic rings. The second-order valence-corrected chi connectivity index (χ2v) is 8.28. The third-order valence-electron chi connectivity index (χ3n) is 5.91. The van der Waals surface area contributed by atoms with Gasteiger partial charge in [-0.25, -0.2) is 9.97 Å². The predicted molar refractivity (Wildman–Crippen MR) is 108 cm³/mol. The second kappa shape index (κ2) is 6.40. The molecule has 1 heterocycles. The summed E-state index contributed by atoms with van der Waals surface area (Å²) < 4.78 is 0. The van der Waals surface area contributed by atoms with E-state index >= 15 is 0 Å². The van der Waals surface area contributed by atoms with Gasteiger partial charge in [0.2, 0.25) is 5.28 Å². The van der Waals surface area contributed by atoms with Gasteiger partial charge in [-0.05, 0) is 78.1 Å². The molecule has 0 spiro atoms. The number of benzene rings is 2. The summed E-state index contributed by atoms with van der Waals surface area (Å²) in [5, 5.41) is 5.74. The molecule has 2 aliphatic rings. The summed E-state index contributed by atoms with van der Waals surface area (Å²) in [7, 11) is 0. The van der Waals surface area contributed by atoms with Crippen LogP contribution in [0.5, 0.6) is 0 Å². The van der Waals surface area contributed by atoms with E-state index in [4.69, 9.17) is 23.2 Å². The zero-order chi connectivity index (χ0) is 17.7. The minimum absolute atomic E-state index is 0.294. The lowest BCUT2D eigenvalue weighted by molar-refractivity contribution is 0.439. The first kappa shape index (κ1) is 16.3. The van der Waals surface area contributed by atoms with E-state index in [-0.39, 0.29) is 0 Å². The molecule has 26 heavy (non-hydrogen) atoms. The molecule has 5 heteroatoms. The number of nitrogens with zero attached hydrogens (tertiary/aromatic N) is 2. The topological polar surface area (TPSA) is 37.8 Å². The Morgan fingerprint density at radius 3 is 2.42 bits per heavy atom. The maximum Gasteiger partial charge on any atom is 0.224 e. The molecular formula is C21H19Cl2N3. The van der Waals surface area contributed by atoms with E-state index in [1.54, 1.807) is 0 Å². The van der Waals surface area contributed by atoms with E-state index in [1.807, 2.05) is 30.3 Å². The van der Waals surface area contributed by atoms with Crippen LogP contribution in [-0.4, -0.2) is 16.0 Å². The average molecular weight is 384 g/mol. The lowest BCUT2D eigenvalue weighted by atomic mass is 9.95. The highest BCUT2D eigenvalue weighted by Crippen LogP contribution is 2.46. The van der Waals surface area contributed by atoms with Crippen LogP contribution in [0.2, 0.25) is 10.3 Å². The van der Waals surface area contributed by atoms with Gasteiger partial charge < -0.3 is 5.32 Å². The number of hydrogen-bond acceptors (Lipinski definition) is 3. The number of nitrogens with one attached hydrogen (secondary N) is 1. The summed E-state index contributed by atoms with van der Waals surface area (Å²) >= 11 is 12.2. The van der Waals surface area contributed by atoms with Crippen molar-refractivity contribution in [2.24, 2.45) is 11.8 Å². The molecule has 2 aliphatic carbocycles. The Bertz CT molecular complexity index is 971. The quantitative estimate of drug-likeness (QED) is 0.546. The molecule has 0 amide bonds. The van der Waals surface area contributed by atoms with Crippen molar-refractivity contribution >= 4 is 39.9 Å². The molecule has 0 saturated heterocycles. The Labute approximate surface area is 162 Å². The molecule has 1 N–H and O–H groups in total. The standard InChI is InChI=1S/C21H19Cl2N3/c22-16-6-3-13(4-7-16)14-5-8-18-17(11-14)20(26-21(23)25-18)24-19-10-12-1-2-15(19)9-12/h3-8,11-12,15,19H,1-2,9-10H2,(H,24,25,26)/t12-,15+,19+/m0/s1. The number of aromatic nitrogens is 2. The van der Waals surface area contributed by atoms with Gasteiger partial charge >= 0.3 is 0 Å². The van der Waals surface area contributed by atoms with Gasteiger partial charge in [-0.1, -0.05) is 36.2 Å². The van der Waals surface area contributed by atoms with E-state index < -0.39 is 0 Å². The van der Waals surface area contributed by atoms with Crippen LogP contribution in [0.15, 0.2) is 42.5 Å². The number of rotatable bonds is 3. The van der Waals surface area contributed by atoms with Crippen molar-refractivity contribution in [3.8, 4) is 11.1 Å². The fourth-order valence-corrected chi connectivity index (χ4v) is 4.93. The van der Waals surface area contributed by atoms with Crippen molar-refractivity contribution < 1.29 is 0 Å². The monoisotopic (exact) mass is 383 g/mol. The van der Waals surface area contributed by atoms with Gasteiger partial charge in [0.1, 0.15) is 5.82 Å². The lowest BCUT2D eigenvalue weighted by Crippen LogP contribution is -2.26. The van der Waals surface area contributed by atoms with E-state index in [2.05, 4.69) is 27.4 Å². The molecule has 5 rings (SSSR count). The summed E-state index contributed by atoms with van der Waals surface area (Å²) in [5.41, 5.74) is 3.11. The first-order chi connectivity index (χ1) is 12.7. The van der Waals surface area contributed by atoms with Gasteiger partial charge in [-0.15, -0.1) is 0 Å². The number of fused-ring (bicyclic) bond motifs is 3. The molecule has 132 valence electrons. The second-order valence-electron chi connectivity index (χ2n) is 7.51. The maximum absolute atomic E-state index is 6.19. The van der Waals surface area contributed by atoms with Gasteiger partial charge in [0, 0.05) is 16.5 Å². The molecule has 0 radical (unpaired) electrons. The first-order valence-electron chi connectivity index (χ1n) is 9.15. The lowest BCUT2D eigenvalue weighted by Gasteiger charge is -2.24. The van der Waals surface area contributed by atoms with Crippen LogP contribution in [0.3, 0.4) is 0 Å². The molecule has 2 fully saturated rings. The summed E-state index contributed by atoms with van der Waals surface area (Å²) in [6, 6.07) is 14.6. The van der Waals surface area contributed by atoms with Crippen molar-refractivity contribution in [3.05, 3.63) is 52.8 Å². The van der Waals surface area contributed by atoms with Crippen LogP contribution in [0.25, 0.3) is 22.0 Å². The summed E-state index contributed by atoms with van der Waals surface area (Å²) in [4.78, 5) is 8.92. The Morgan fingerprint density at radius 2 is 1.69 bits per heavy atom. The minimum atomic E-state index is 0.294. The largest absolute Gasteiger partial charge is 0.366 e. The van der Waals surface area contributed by atoms with Gasteiger partial charge in [0.05, 0.1) is 5.52 Å². The molecule has 0 aliphatic heterocycles. The maximum atomic E-state index is 6.19. The molecule has 3 nitrogen and oxygen atoms in total. The highest BCUT2D eigenvalue weighted by molar-refractivity contribution is 6.30. The number of anilines is 1. The van der Waals surface area contributed by atoms with Crippen LogP contribution in [-0.2, 0) is 0 Å². The van der Waals surface area contributed by atoms with Gasteiger partial charge in [-0.3, -0.25) is 0 Å². The fraction of sp³-hybridized carbons (Fsp3) is 0.333. The molecule has 3 atom stereocenters. The molecule has 2 saturated carbocycles. The SMILES string of the molecule is Clc1ccc(-c2ccc3nc(Cl)nc(N[C@@H]4C[C@H]5CC[C@@H]4C5)c3c2)cc1. The Balaban J connectivity index is 1.55. The molecule has 0 unspecified atom stereocenters. The normalized spacial score (nSPS) is 24.3. The summed E-state index contributed by atoms with van der Waals surface area (Å²) in [6.45, 7) is 0. The fourth-order valence-electron chi connectivity index (χ4n) is 4.63. The number of halogens is 2. The predicted octanol–water partition coefficient (Wildman–Crippen LogP) is 6.20.